The van der Waals surface area contributed by atoms with Gasteiger partial charge >= 0.3 is 0 Å². The Morgan fingerprint density at radius 2 is 2.20 bits per heavy atom. The molecule has 0 aliphatic heterocycles. The van der Waals surface area contributed by atoms with Crippen LogP contribution in [0.3, 0.4) is 0 Å². The first-order valence-electron chi connectivity index (χ1n) is 5.09. The number of carbonyl (C=O) groups is 1. The second kappa shape index (κ2) is 4.47. The van der Waals surface area contributed by atoms with E-state index in [1.807, 2.05) is 11.6 Å². The summed E-state index contributed by atoms with van der Waals surface area (Å²) in [5.41, 5.74) is 0.928. The van der Waals surface area contributed by atoms with E-state index in [1.54, 1.807) is 13.1 Å². The van der Waals surface area contributed by atoms with Gasteiger partial charge in [-0.05, 0) is 29.8 Å². The summed E-state index contributed by atoms with van der Waals surface area (Å²) in [6.07, 6.45) is 2.33. The topological polar surface area (TPSA) is 34.9 Å². The van der Waals surface area contributed by atoms with Crippen LogP contribution in [0.2, 0.25) is 0 Å². The number of Topliss-reactive ketones (excluding diaryl/α,β-unsaturated/α-hetero) is 1. The molecule has 0 saturated heterocycles. The average Bonchev–Trinajstić information content (AvgIpc) is 2.44. The SMILES string of the molecule is CCn1ncc(Br)c1C(C)(C)CC(C)=O. The Morgan fingerprint density at radius 3 is 2.67 bits per heavy atom. The van der Waals surface area contributed by atoms with E-state index in [2.05, 4.69) is 34.9 Å². The Bertz CT molecular complexity index is 369. The number of carbonyl (C=O) groups excluding carboxylic acids is 1. The Kier molecular flexibility index (Phi) is 3.71. The minimum absolute atomic E-state index is 0.169. The normalized spacial score (nSPS) is 11.8. The van der Waals surface area contributed by atoms with Gasteiger partial charge in [0.2, 0.25) is 0 Å². The fraction of sp³-hybridized carbons (Fsp3) is 0.636. The largest absolute Gasteiger partial charge is 0.300 e. The minimum Gasteiger partial charge on any atom is -0.300 e. The molecule has 1 aromatic heterocycles. The highest BCUT2D eigenvalue weighted by Gasteiger charge is 2.28. The van der Waals surface area contributed by atoms with Crippen LogP contribution in [0.4, 0.5) is 0 Å². The lowest BCUT2D eigenvalue weighted by Gasteiger charge is -2.25. The molecule has 3 nitrogen and oxygen atoms in total. The van der Waals surface area contributed by atoms with Crippen molar-refractivity contribution in [1.29, 1.82) is 0 Å². The van der Waals surface area contributed by atoms with Crippen molar-refractivity contribution in [2.24, 2.45) is 0 Å². The molecule has 4 heteroatoms. The van der Waals surface area contributed by atoms with Crippen LogP contribution >= 0.6 is 15.9 Å². The Labute approximate surface area is 99.0 Å². The smallest absolute Gasteiger partial charge is 0.130 e. The van der Waals surface area contributed by atoms with E-state index in [0.29, 0.717) is 6.42 Å². The molecule has 0 aromatic carbocycles. The van der Waals surface area contributed by atoms with Crippen LogP contribution in [0.1, 0.15) is 39.8 Å². The van der Waals surface area contributed by atoms with Gasteiger partial charge in [-0.25, -0.2) is 0 Å². The molecule has 0 saturated carbocycles. The van der Waals surface area contributed by atoms with E-state index in [1.165, 1.54) is 0 Å². The monoisotopic (exact) mass is 272 g/mol. The number of halogens is 1. The van der Waals surface area contributed by atoms with Crippen molar-refractivity contribution in [2.75, 3.05) is 0 Å². The maximum Gasteiger partial charge on any atom is 0.130 e. The second-order valence-electron chi connectivity index (χ2n) is 4.42. The first-order chi connectivity index (χ1) is 6.88. The second-order valence-corrected chi connectivity index (χ2v) is 5.27. The molecule has 0 bridgehead atoms. The zero-order valence-corrected chi connectivity index (χ0v) is 11.3. The third-order valence-corrected chi connectivity index (χ3v) is 3.01. The van der Waals surface area contributed by atoms with Crippen LogP contribution in [-0.4, -0.2) is 15.6 Å². The van der Waals surface area contributed by atoms with Gasteiger partial charge in [0.1, 0.15) is 5.78 Å². The van der Waals surface area contributed by atoms with Crippen molar-refractivity contribution in [1.82, 2.24) is 9.78 Å². The molecule has 0 aliphatic rings. The highest BCUT2D eigenvalue weighted by atomic mass is 79.9. The number of hydrogen-bond acceptors (Lipinski definition) is 2. The summed E-state index contributed by atoms with van der Waals surface area (Å²) in [5.74, 6) is 0.204. The van der Waals surface area contributed by atoms with Gasteiger partial charge < -0.3 is 0 Å². The van der Waals surface area contributed by atoms with Gasteiger partial charge in [-0.1, -0.05) is 13.8 Å². The lowest BCUT2D eigenvalue weighted by atomic mass is 9.84. The van der Waals surface area contributed by atoms with Crippen LogP contribution in [-0.2, 0) is 16.8 Å². The van der Waals surface area contributed by atoms with Crippen LogP contribution in [0.25, 0.3) is 0 Å². The maximum absolute atomic E-state index is 11.2. The summed E-state index contributed by atoms with van der Waals surface area (Å²) in [7, 11) is 0. The van der Waals surface area contributed by atoms with E-state index in [9.17, 15) is 4.79 Å². The number of aryl methyl sites for hydroxylation is 1. The summed E-state index contributed by atoms with van der Waals surface area (Å²) in [6, 6.07) is 0. The van der Waals surface area contributed by atoms with Gasteiger partial charge in [-0.2, -0.15) is 5.10 Å². The summed E-state index contributed by atoms with van der Waals surface area (Å²) in [4.78, 5) is 11.2. The van der Waals surface area contributed by atoms with E-state index in [-0.39, 0.29) is 11.2 Å². The molecule has 0 fully saturated rings. The molecule has 0 unspecified atom stereocenters. The Morgan fingerprint density at radius 1 is 1.60 bits per heavy atom. The van der Waals surface area contributed by atoms with Crippen molar-refractivity contribution in [3.63, 3.8) is 0 Å². The Balaban J connectivity index is 3.12. The minimum atomic E-state index is -0.169. The highest BCUT2D eigenvalue weighted by Crippen LogP contribution is 2.32. The first kappa shape index (κ1) is 12.4. The first-order valence-corrected chi connectivity index (χ1v) is 5.89. The lowest BCUT2D eigenvalue weighted by molar-refractivity contribution is -0.118. The predicted molar refractivity (Wildman–Crippen MR) is 63.9 cm³/mol. The van der Waals surface area contributed by atoms with Crippen LogP contribution < -0.4 is 0 Å². The number of rotatable bonds is 4. The lowest BCUT2D eigenvalue weighted by Crippen LogP contribution is -2.25. The summed E-state index contributed by atoms with van der Waals surface area (Å²) < 4.78 is 2.92. The van der Waals surface area contributed by atoms with Crippen LogP contribution in [0.5, 0.6) is 0 Å². The van der Waals surface area contributed by atoms with Crippen molar-refractivity contribution in [3.8, 4) is 0 Å². The Hall–Kier alpha value is -0.640. The highest BCUT2D eigenvalue weighted by molar-refractivity contribution is 9.10. The molecule has 84 valence electrons. The molecule has 0 N–H and O–H groups in total. The van der Waals surface area contributed by atoms with Crippen LogP contribution in [0.15, 0.2) is 10.7 Å². The number of hydrogen-bond donors (Lipinski definition) is 0. The van der Waals surface area contributed by atoms with E-state index < -0.39 is 0 Å². The fourth-order valence-electron chi connectivity index (χ4n) is 1.98. The van der Waals surface area contributed by atoms with Crippen LogP contribution in [0, 0.1) is 0 Å². The van der Waals surface area contributed by atoms with E-state index in [0.717, 1.165) is 16.7 Å². The quantitative estimate of drug-likeness (QED) is 0.845. The van der Waals surface area contributed by atoms with Gasteiger partial charge in [-0.15, -0.1) is 0 Å². The third kappa shape index (κ3) is 2.68. The molecule has 0 atom stereocenters. The van der Waals surface area contributed by atoms with Crippen molar-refractivity contribution < 1.29 is 4.79 Å². The molecule has 15 heavy (non-hydrogen) atoms. The van der Waals surface area contributed by atoms with Gasteiger partial charge in [0.25, 0.3) is 0 Å². The average molecular weight is 273 g/mol. The van der Waals surface area contributed by atoms with E-state index >= 15 is 0 Å². The number of aromatic nitrogens is 2. The number of ketones is 1. The molecule has 1 rings (SSSR count). The molecular formula is C11H17BrN2O. The third-order valence-electron chi connectivity index (χ3n) is 2.43. The van der Waals surface area contributed by atoms with Gasteiger partial charge in [0.05, 0.1) is 16.4 Å². The zero-order valence-electron chi connectivity index (χ0n) is 9.67. The summed E-state index contributed by atoms with van der Waals surface area (Å²) >= 11 is 3.49. The zero-order chi connectivity index (χ0) is 11.6. The van der Waals surface area contributed by atoms with E-state index in [4.69, 9.17) is 0 Å². The predicted octanol–water partition coefficient (Wildman–Crippen LogP) is 2.92. The molecular weight excluding hydrogens is 256 g/mol. The molecule has 0 aliphatic carbocycles. The number of nitrogens with zero attached hydrogens (tertiary/aromatic N) is 2. The maximum atomic E-state index is 11.2. The molecule has 0 radical (unpaired) electrons. The summed E-state index contributed by atoms with van der Waals surface area (Å²) in [6.45, 7) is 8.64. The van der Waals surface area contributed by atoms with Crippen molar-refractivity contribution >= 4 is 21.7 Å². The van der Waals surface area contributed by atoms with Gasteiger partial charge in [0, 0.05) is 18.4 Å². The standard InChI is InChI=1S/C11H17BrN2O/c1-5-14-10(9(12)7-13-14)11(3,4)6-8(2)15/h7H,5-6H2,1-4H3. The van der Waals surface area contributed by atoms with Crippen molar-refractivity contribution in [2.45, 2.75) is 46.1 Å². The molecule has 0 spiro atoms. The molecule has 1 aromatic rings. The molecule has 1 heterocycles. The van der Waals surface area contributed by atoms with Gasteiger partial charge in [0.15, 0.2) is 0 Å². The van der Waals surface area contributed by atoms with Crippen molar-refractivity contribution in [3.05, 3.63) is 16.4 Å². The molecule has 0 amide bonds. The van der Waals surface area contributed by atoms with Gasteiger partial charge in [-0.3, -0.25) is 9.48 Å². The summed E-state index contributed by atoms with van der Waals surface area (Å²) in [5, 5.41) is 4.27. The fourth-order valence-corrected chi connectivity index (χ4v) is 2.81.